The van der Waals surface area contributed by atoms with Gasteiger partial charge in [0.25, 0.3) is 0 Å². The fraction of sp³-hybridized carbons (Fsp3) is 0.600. The monoisotopic (exact) mass is 361 g/mol. The second-order valence-corrected chi connectivity index (χ2v) is 8.22. The number of benzene rings is 1. The topological polar surface area (TPSA) is 46.2 Å². The van der Waals surface area contributed by atoms with E-state index in [-0.39, 0.29) is 11.7 Å². The summed E-state index contributed by atoms with van der Waals surface area (Å²) < 4.78 is 24.8. The summed E-state index contributed by atoms with van der Waals surface area (Å²) in [5.41, 5.74) is 1.19. The molecule has 1 rings (SSSR count). The van der Waals surface area contributed by atoms with Crippen LogP contribution in [0.3, 0.4) is 0 Å². The molecule has 0 amide bonds. The molecular weight excluding hydrogens is 338 g/mol. The Morgan fingerprint density at radius 3 is 2.60 bits per heavy atom. The Morgan fingerprint density at radius 1 is 1.25 bits per heavy atom. The van der Waals surface area contributed by atoms with Crippen molar-refractivity contribution in [3.05, 3.63) is 34.3 Å². The van der Waals surface area contributed by atoms with E-state index in [4.69, 9.17) is 0 Å². The van der Waals surface area contributed by atoms with E-state index in [1.54, 1.807) is 0 Å². The maximum atomic E-state index is 11.9. The van der Waals surface area contributed by atoms with Gasteiger partial charge in [0.2, 0.25) is 0 Å². The Balaban J connectivity index is 2.75. The van der Waals surface area contributed by atoms with Gasteiger partial charge in [-0.15, -0.1) is 0 Å². The Morgan fingerprint density at radius 2 is 2.00 bits per heavy atom. The molecule has 0 saturated carbocycles. The lowest BCUT2D eigenvalue weighted by Gasteiger charge is -2.18. The first-order valence-electron chi connectivity index (χ1n) is 7.15. The Labute approximate surface area is 131 Å². The first-order chi connectivity index (χ1) is 9.48. The molecule has 1 atom stereocenters. The lowest BCUT2D eigenvalue weighted by atomic mass is 9.96. The molecule has 0 aliphatic carbocycles. The van der Waals surface area contributed by atoms with Crippen molar-refractivity contribution in [2.24, 2.45) is 0 Å². The molecule has 0 bridgehead atoms. The van der Waals surface area contributed by atoms with Crippen molar-refractivity contribution in [3.8, 4) is 0 Å². The Kier molecular flexibility index (Phi) is 7.77. The van der Waals surface area contributed by atoms with Gasteiger partial charge < -0.3 is 5.32 Å². The van der Waals surface area contributed by atoms with E-state index in [0.717, 1.165) is 17.6 Å². The number of sulfone groups is 1. The molecule has 20 heavy (non-hydrogen) atoms. The minimum atomic E-state index is -2.91. The third-order valence-electron chi connectivity index (χ3n) is 3.25. The van der Waals surface area contributed by atoms with E-state index in [1.807, 2.05) is 19.1 Å². The zero-order valence-electron chi connectivity index (χ0n) is 12.2. The number of nitrogens with one attached hydrogen (secondary N) is 1. The molecular formula is C15H24BrNO2S. The van der Waals surface area contributed by atoms with Gasteiger partial charge in [0.1, 0.15) is 9.84 Å². The van der Waals surface area contributed by atoms with Crippen molar-refractivity contribution in [1.29, 1.82) is 0 Å². The molecule has 0 radical (unpaired) electrons. The van der Waals surface area contributed by atoms with E-state index in [9.17, 15) is 8.42 Å². The van der Waals surface area contributed by atoms with Crippen LogP contribution in [0, 0.1) is 0 Å². The maximum absolute atomic E-state index is 11.9. The number of rotatable bonds is 9. The van der Waals surface area contributed by atoms with Crippen LogP contribution in [-0.2, 0) is 9.84 Å². The standard InChI is InChI=1S/C15H24BrNO2S/c1-3-9-20(18,19)10-8-14(12-17-4-2)13-6-5-7-15(16)11-13/h5-7,11,14,17H,3-4,8-10,12H2,1-2H3. The third kappa shape index (κ3) is 6.37. The van der Waals surface area contributed by atoms with Crippen molar-refractivity contribution in [2.75, 3.05) is 24.6 Å². The molecule has 3 nitrogen and oxygen atoms in total. The molecule has 1 aromatic rings. The summed E-state index contributed by atoms with van der Waals surface area (Å²) in [7, 11) is -2.91. The smallest absolute Gasteiger partial charge is 0.150 e. The van der Waals surface area contributed by atoms with Gasteiger partial charge in [-0.25, -0.2) is 8.42 Å². The van der Waals surface area contributed by atoms with E-state index >= 15 is 0 Å². The Hall–Kier alpha value is -0.390. The van der Waals surface area contributed by atoms with Gasteiger partial charge in [0.15, 0.2) is 0 Å². The summed E-state index contributed by atoms with van der Waals surface area (Å²) in [6, 6.07) is 8.13. The summed E-state index contributed by atoms with van der Waals surface area (Å²) >= 11 is 3.48. The summed E-state index contributed by atoms with van der Waals surface area (Å²) in [5, 5.41) is 3.32. The molecule has 0 saturated heterocycles. The molecule has 0 fully saturated rings. The molecule has 0 aromatic heterocycles. The summed E-state index contributed by atoms with van der Waals surface area (Å²) in [4.78, 5) is 0. The molecule has 114 valence electrons. The minimum absolute atomic E-state index is 0.235. The van der Waals surface area contributed by atoms with E-state index in [1.165, 1.54) is 5.56 Å². The van der Waals surface area contributed by atoms with Crippen LogP contribution >= 0.6 is 15.9 Å². The first kappa shape index (κ1) is 17.7. The lowest BCUT2D eigenvalue weighted by molar-refractivity contribution is 0.563. The highest BCUT2D eigenvalue weighted by Crippen LogP contribution is 2.23. The van der Waals surface area contributed by atoms with Crippen LogP contribution < -0.4 is 5.32 Å². The van der Waals surface area contributed by atoms with Crippen molar-refractivity contribution in [3.63, 3.8) is 0 Å². The molecule has 0 heterocycles. The predicted octanol–water partition coefficient (Wildman–Crippen LogP) is 3.36. The van der Waals surface area contributed by atoms with Crippen LogP contribution in [0.5, 0.6) is 0 Å². The average Bonchev–Trinajstić information content (AvgIpc) is 2.38. The Bertz CT molecular complexity index is 502. The van der Waals surface area contributed by atoms with Crippen LogP contribution in [0.2, 0.25) is 0 Å². The SMILES string of the molecule is CCCS(=O)(=O)CCC(CNCC)c1cccc(Br)c1. The zero-order chi connectivity index (χ0) is 15.0. The van der Waals surface area contributed by atoms with Crippen molar-refractivity contribution >= 4 is 25.8 Å². The summed E-state index contributed by atoms with van der Waals surface area (Å²) in [6.07, 6.45) is 1.36. The second kappa shape index (κ2) is 8.80. The first-order valence-corrected chi connectivity index (χ1v) is 9.76. The molecule has 1 aromatic carbocycles. The lowest BCUT2D eigenvalue weighted by Crippen LogP contribution is -2.23. The van der Waals surface area contributed by atoms with E-state index in [2.05, 4.69) is 40.3 Å². The molecule has 1 N–H and O–H groups in total. The molecule has 1 unspecified atom stereocenters. The highest BCUT2D eigenvalue weighted by Gasteiger charge is 2.16. The molecule has 0 aliphatic rings. The fourth-order valence-corrected chi connectivity index (χ4v) is 4.09. The van der Waals surface area contributed by atoms with Crippen LogP contribution in [0.4, 0.5) is 0 Å². The maximum Gasteiger partial charge on any atom is 0.150 e. The van der Waals surface area contributed by atoms with Crippen molar-refractivity contribution in [1.82, 2.24) is 5.32 Å². The van der Waals surface area contributed by atoms with Crippen molar-refractivity contribution < 1.29 is 8.42 Å². The normalized spacial score (nSPS) is 13.3. The van der Waals surface area contributed by atoms with Gasteiger partial charge in [0.05, 0.1) is 5.75 Å². The number of likely N-dealkylation sites (N-methyl/N-ethyl adjacent to an activating group) is 1. The fourth-order valence-electron chi connectivity index (χ4n) is 2.20. The van der Waals surface area contributed by atoms with Crippen LogP contribution in [0.25, 0.3) is 0 Å². The third-order valence-corrected chi connectivity index (χ3v) is 5.63. The average molecular weight is 362 g/mol. The number of hydrogen-bond donors (Lipinski definition) is 1. The van der Waals surface area contributed by atoms with Gasteiger partial charge in [0, 0.05) is 16.8 Å². The van der Waals surface area contributed by atoms with Gasteiger partial charge in [-0.1, -0.05) is 41.9 Å². The van der Waals surface area contributed by atoms with Gasteiger partial charge in [-0.2, -0.15) is 0 Å². The van der Waals surface area contributed by atoms with Crippen LogP contribution in [-0.4, -0.2) is 33.0 Å². The quantitative estimate of drug-likeness (QED) is 0.733. The van der Waals surface area contributed by atoms with Gasteiger partial charge >= 0.3 is 0 Å². The van der Waals surface area contributed by atoms with Gasteiger partial charge in [-0.3, -0.25) is 0 Å². The summed E-state index contributed by atoms with van der Waals surface area (Å²) in [5.74, 6) is 0.794. The van der Waals surface area contributed by atoms with Gasteiger partial charge in [-0.05, 0) is 43.0 Å². The number of hydrogen-bond acceptors (Lipinski definition) is 3. The highest BCUT2D eigenvalue weighted by molar-refractivity contribution is 9.10. The molecule has 0 spiro atoms. The minimum Gasteiger partial charge on any atom is -0.316 e. The highest BCUT2D eigenvalue weighted by atomic mass is 79.9. The largest absolute Gasteiger partial charge is 0.316 e. The van der Waals surface area contributed by atoms with E-state index in [0.29, 0.717) is 18.6 Å². The second-order valence-electron chi connectivity index (χ2n) is 5.00. The molecule has 0 aliphatic heterocycles. The molecule has 5 heteroatoms. The number of halogens is 1. The van der Waals surface area contributed by atoms with Crippen molar-refractivity contribution in [2.45, 2.75) is 32.6 Å². The van der Waals surface area contributed by atoms with Crippen LogP contribution in [0.1, 0.15) is 38.2 Å². The zero-order valence-corrected chi connectivity index (χ0v) is 14.6. The predicted molar refractivity (Wildman–Crippen MR) is 89.0 cm³/mol. The van der Waals surface area contributed by atoms with Crippen LogP contribution in [0.15, 0.2) is 28.7 Å². The van der Waals surface area contributed by atoms with E-state index < -0.39 is 9.84 Å². The summed E-state index contributed by atoms with van der Waals surface area (Å²) in [6.45, 7) is 5.68.